The van der Waals surface area contributed by atoms with E-state index in [1.54, 1.807) is 7.05 Å². The average Bonchev–Trinajstić information content (AvgIpc) is 2.62. The first-order chi connectivity index (χ1) is 11.2. The molecule has 0 unspecified atom stereocenters. The number of nitrogens with one attached hydrogen (secondary N) is 1. The number of halogens is 1. The van der Waals surface area contributed by atoms with Gasteiger partial charge in [-0.15, -0.1) is 24.0 Å². The molecule has 140 valence electrons. The number of guanidine groups is 1. The molecule has 2 saturated heterocycles. The molecule has 24 heavy (non-hydrogen) atoms. The van der Waals surface area contributed by atoms with Crippen molar-refractivity contribution in [3.05, 3.63) is 0 Å². The van der Waals surface area contributed by atoms with Crippen LogP contribution in [0.3, 0.4) is 0 Å². The van der Waals surface area contributed by atoms with Gasteiger partial charge in [0.2, 0.25) is 5.91 Å². The summed E-state index contributed by atoms with van der Waals surface area (Å²) in [6, 6.07) is 0. The first kappa shape index (κ1) is 21.5. The van der Waals surface area contributed by atoms with Gasteiger partial charge in [-0.25, -0.2) is 0 Å². The van der Waals surface area contributed by atoms with E-state index in [-0.39, 0.29) is 29.9 Å². The van der Waals surface area contributed by atoms with Gasteiger partial charge in [-0.2, -0.15) is 0 Å². The van der Waals surface area contributed by atoms with Gasteiger partial charge in [-0.3, -0.25) is 9.79 Å². The highest BCUT2D eigenvalue weighted by molar-refractivity contribution is 14.0. The predicted molar refractivity (Wildman–Crippen MR) is 108 cm³/mol. The minimum Gasteiger partial charge on any atom is -0.381 e. The second-order valence-electron chi connectivity index (χ2n) is 6.61. The Morgan fingerprint density at radius 3 is 2.54 bits per heavy atom. The highest BCUT2D eigenvalue weighted by Gasteiger charge is 2.18. The van der Waals surface area contributed by atoms with Crippen LogP contribution in [-0.2, 0) is 9.53 Å². The van der Waals surface area contributed by atoms with Crippen molar-refractivity contribution in [2.75, 3.05) is 53.5 Å². The molecule has 0 bridgehead atoms. The molecule has 0 radical (unpaired) electrons. The first-order valence-corrected chi connectivity index (χ1v) is 8.98. The van der Waals surface area contributed by atoms with Crippen LogP contribution in [0.5, 0.6) is 0 Å². The van der Waals surface area contributed by atoms with Crippen LogP contribution in [0.15, 0.2) is 4.99 Å². The van der Waals surface area contributed by atoms with Crippen molar-refractivity contribution < 1.29 is 9.53 Å². The van der Waals surface area contributed by atoms with Crippen molar-refractivity contribution >= 4 is 35.8 Å². The zero-order valence-corrected chi connectivity index (χ0v) is 17.5. The fourth-order valence-electron chi connectivity index (χ4n) is 3.31. The predicted octanol–water partition coefficient (Wildman–Crippen LogP) is 1.94. The number of aliphatic imine (C=N–C) groups is 1. The van der Waals surface area contributed by atoms with E-state index in [0.717, 1.165) is 76.8 Å². The molecule has 0 aromatic carbocycles. The van der Waals surface area contributed by atoms with E-state index in [1.807, 2.05) is 11.9 Å². The molecule has 2 aliphatic rings. The van der Waals surface area contributed by atoms with Crippen molar-refractivity contribution in [1.82, 2.24) is 15.1 Å². The summed E-state index contributed by atoms with van der Waals surface area (Å²) in [5.74, 6) is 1.74. The molecule has 2 rings (SSSR count). The van der Waals surface area contributed by atoms with E-state index in [9.17, 15) is 4.79 Å². The SMILES string of the molecule is CN=C(NCC(=O)N1CCCCC1)N(C)CCC1CCOCC1.I. The number of hydrogen-bond acceptors (Lipinski definition) is 3. The fourth-order valence-corrected chi connectivity index (χ4v) is 3.31. The van der Waals surface area contributed by atoms with Gasteiger partial charge in [0, 0.05) is 46.9 Å². The van der Waals surface area contributed by atoms with E-state index >= 15 is 0 Å². The zero-order valence-electron chi connectivity index (χ0n) is 15.1. The van der Waals surface area contributed by atoms with E-state index < -0.39 is 0 Å². The molecule has 7 heteroatoms. The van der Waals surface area contributed by atoms with Gasteiger partial charge in [-0.1, -0.05) is 0 Å². The van der Waals surface area contributed by atoms with Crippen molar-refractivity contribution in [3.8, 4) is 0 Å². The van der Waals surface area contributed by atoms with Crippen LogP contribution in [-0.4, -0.2) is 75.2 Å². The maximum atomic E-state index is 12.2. The number of rotatable bonds is 5. The Bertz CT molecular complexity index is 394. The van der Waals surface area contributed by atoms with Crippen molar-refractivity contribution in [2.24, 2.45) is 10.9 Å². The Morgan fingerprint density at radius 1 is 1.25 bits per heavy atom. The molecule has 2 aliphatic heterocycles. The maximum absolute atomic E-state index is 12.2. The Hall–Kier alpha value is -0.570. The van der Waals surface area contributed by atoms with Crippen LogP contribution in [0.25, 0.3) is 0 Å². The summed E-state index contributed by atoms with van der Waals surface area (Å²) in [6.07, 6.45) is 6.98. The van der Waals surface area contributed by atoms with Crippen LogP contribution in [0.4, 0.5) is 0 Å². The van der Waals surface area contributed by atoms with E-state index in [1.165, 1.54) is 6.42 Å². The summed E-state index contributed by atoms with van der Waals surface area (Å²) in [5.41, 5.74) is 0. The molecule has 0 spiro atoms. The summed E-state index contributed by atoms with van der Waals surface area (Å²) in [4.78, 5) is 20.6. The van der Waals surface area contributed by atoms with Gasteiger partial charge in [0.25, 0.3) is 0 Å². The van der Waals surface area contributed by atoms with Crippen LogP contribution < -0.4 is 5.32 Å². The maximum Gasteiger partial charge on any atom is 0.241 e. The number of amides is 1. The summed E-state index contributed by atoms with van der Waals surface area (Å²) < 4.78 is 5.41. The van der Waals surface area contributed by atoms with E-state index in [0.29, 0.717) is 6.54 Å². The van der Waals surface area contributed by atoms with Crippen molar-refractivity contribution in [1.29, 1.82) is 0 Å². The highest BCUT2D eigenvalue weighted by Crippen LogP contribution is 2.18. The van der Waals surface area contributed by atoms with Crippen molar-refractivity contribution in [2.45, 2.75) is 38.5 Å². The number of hydrogen-bond donors (Lipinski definition) is 1. The summed E-state index contributed by atoms with van der Waals surface area (Å²) in [6.45, 7) is 4.89. The second-order valence-corrected chi connectivity index (χ2v) is 6.61. The lowest BCUT2D eigenvalue weighted by molar-refractivity contribution is -0.130. The molecule has 6 nitrogen and oxygen atoms in total. The molecule has 0 aliphatic carbocycles. The van der Waals surface area contributed by atoms with Gasteiger partial charge in [0.05, 0.1) is 6.54 Å². The Morgan fingerprint density at radius 2 is 1.92 bits per heavy atom. The van der Waals surface area contributed by atoms with Crippen LogP contribution >= 0.6 is 24.0 Å². The number of nitrogens with zero attached hydrogens (tertiary/aromatic N) is 3. The lowest BCUT2D eigenvalue weighted by Crippen LogP contribution is -2.46. The Kier molecular flexibility index (Phi) is 10.6. The van der Waals surface area contributed by atoms with Gasteiger partial charge < -0.3 is 19.9 Å². The van der Waals surface area contributed by atoms with Gasteiger partial charge in [-0.05, 0) is 44.4 Å². The summed E-state index contributed by atoms with van der Waals surface area (Å²) in [7, 11) is 3.82. The fraction of sp³-hybridized carbons (Fsp3) is 0.882. The van der Waals surface area contributed by atoms with Gasteiger partial charge in [0.15, 0.2) is 5.96 Å². The highest BCUT2D eigenvalue weighted by atomic mass is 127. The lowest BCUT2D eigenvalue weighted by Gasteiger charge is -2.29. The number of carbonyl (C=O) groups is 1. The molecule has 0 saturated carbocycles. The largest absolute Gasteiger partial charge is 0.381 e. The Labute approximate surface area is 163 Å². The number of piperidine rings is 1. The zero-order chi connectivity index (χ0) is 16.5. The first-order valence-electron chi connectivity index (χ1n) is 8.98. The molecular weight excluding hydrogens is 419 g/mol. The topological polar surface area (TPSA) is 57.2 Å². The van der Waals surface area contributed by atoms with Crippen molar-refractivity contribution in [3.63, 3.8) is 0 Å². The second kappa shape index (κ2) is 11.9. The molecule has 1 N–H and O–H groups in total. The third kappa shape index (κ3) is 7.13. The molecule has 2 fully saturated rings. The quantitative estimate of drug-likeness (QED) is 0.394. The van der Waals surface area contributed by atoms with E-state index in [2.05, 4.69) is 15.2 Å². The summed E-state index contributed by atoms with van der Waals surface area (Å²) in [5, 5.41) is 3.21. The van der Waals surface area contributed by atoms with Crippen LogP contribution in [0, 0.1) is 5.92 Å². The molecule has 0 aromatic heterocycles. The average molecular weight is 452 g/mol. The smallest absolute Gasteiger partial charge is 0.241 e. The third-order valence-electron chi connectivity index (χ3n) is 4.89. The molecular formula is C17H33IN4O2. The number of carbonyl (C=O) groups excluding carboxylic acids is 1. The molecule has 0 atom stereocenters. The number of likely N-dealkylation sites (tertiary alicyclic amines) is 1. The molecule has 1 amide bonds. The third-order valence-corrected chi connectivity index (χ3v) is 4.89. The lowest BCUT2D eigenvalue weighted by atomic mass is 9.96. The Balaban J connectivity index is 0.00000288. The normalized spacial score (nSPS) is 19.6. The van der Waals surface area contributed by atoms with Gasteiger partial charge in [0.1, 0.15) is 0 Å². The molecule has 0 aromatic rings. The van der Waals surface area contributed by atoms with Gasteiger partial charge >= 0.3 is 0 Å². The summed E-state index contributed by atoms with van der Waals surface area (Å²) >= 11 is 0. The molecule has 2 heterocycles. The minimum absolute atomic E-state index is 0. The standard InChI is InChI=1S/C17H32N4O2.HI/c1-18-17(19-14-16(22)21-9-4-3-5-10-21)20(2)11-6-15-7-12-23-13-8-15;/h15H,3-14H2,1-2H3,(H,18,19);1H. The van der Waals surface area contributed by atoms with Crippen LogP contribution in [0.2, 0.25) is 0 Å². The van der Waals surface area contributed by atoms with Crippen LogP contribution in [0.1, 0.15) is 38.5 Å². The van der Waals surface area contributed by atoms with E-state index in [4.69, 9.17) is 4.74 Å². The minimum atomic E-state index is 0. The number of ether oxygens (including phenoxy) is 1. The monoisotopic (exact) mass is 452 g/mol.